The number of aromatic nitrogens is 2. The van der Waals surface area contributed by atoms with Gasteiger partial charge in [-0.2, -0.15) is 5.10 Å². The number of likely N-dealkylation sites (N-methyl/N-ethyl adjacent to an activating group) is 1. The van der Waals surface area contributed by atoms with Crippen LogP contribution in [0.2, 0.25) is 5.02 Å². The van der Waals surface area contributed by atoms with Crippen LogP contribution in [0.5, 0.6) is 0 Å². The topological polar surface area (TPSA) is 76.0 Å². The fourth-order valence-corrected chi connectivity index (χ4v) is 4.40. The first kappa shape index (κ1) is 19.9. The van der Waals surface area contributed by atoms with E-state index in [-0.39, 0.29) is 16.8 Å². The lowest BCUT2D eigenvalue weighted by Crippen LogP contribution is -2.53. The largest absolute Gasteiger partial charge is 0.357 e. The van der Waals surface area contributed by atoms with E-state index >= 15 is 0 Å². The lowest BCUT2D eigenvalue weighted by atomic mass is 9.86. The summed E-state index contributed by atoms with van der Waals surface area (Å²) in [6.07, 6.45) is 1.84. The molecule has 2 aliphatic carbocycles. The summed E-state index contributed by atoms with van der Waals surface area (Å²) in [6.45, 7) is 5.68. The Hall–Kier alpha value is -2.41. The molecule has 0 saturated heterocycles. The first-order chi connectivity index (χ1) is 13.6. The van der Waals surface area contributed by atoms with E-state index in [1.54, 1.807) is 17.8 Å². The van der Waals surface area contributed by atoms with Crippen LogP contribution < -0.4 is 10.6 Å². The van der Waals surface area contributed by atoms with Gasteiger partial charge in [0, 0.05) is 18.5 Å². The molecule has 0 unspecified atom stereocenters. The molecule has 1 heterocycles. The van der Waals surface area contributed by atoms with Gasteiger partial charge < -0.3 is 10.6 Å². The summed E-state index contributed by atoms with van der Waals surface area (Å²) in [5, 5.41) is 10.3. The summed E-state index contributed by atoms with van der Waals surface area (Å²) in [7, 11) is 1.55. The van der Waals surface area contributed by atoms with Gasteiger partial charge in [0.1, 0.15) is 11.9 Å². The van der Waals surface area contributed by atoms with Crippen molar-refractivity contribution < 1.29 is 14.0 Å². The van der Waals surface area contributed by atoms with Crippen molar-refractivity contribution in [2.75, 3.05) is 7.05 Å². The standard InChI is InChI=1S/C21H24ClFN4O2/c1-21(2,3)18(20(29)24-4)25-19(28)16-13-8-10-7-12(10)17(13)27(26-16)15-6-5-11(23)9-14(15)22/h5-6,9-10,12,18H,7-8H2,1-4H3,(H,24,29)(H,25,28)/t10-,12-,18-/m1/s1. The number of rotatable bonds is 4. The molecule has 8 heteroatoms. The third-order valence-corrected chi connectivity index (χ3v) is 6.07. The van der Waals surface area contributed by atoms with Gasteiger partial charge in [-0.15, -0.1) is 0 Å². The molecule has 154 valence electrons. The maximum atomic E-state index is 13.5. The minimum Gasteiger partial charge on any atom is -0.357 e. The average molecular weight is 419 g/mol. The van der Waals surface area contributed by atoms with Gasteiger partial charge in [-0.3, -0.25) is 9.59 Å². The Bertz CT molecular complexity index is 1010. The third-order valence-electron chi connectivity index (χ3n) is 5.77. The van der Waals surface area contributed by atoms with Crippen molar-refractivity contribution in [3.8, 4) is 5.69 Å². The van der Waals surface area contributed by atoms with E-state index in [4.69, 9.17) is 11.6 Å². The number of nitrogens with one attached hydrogen (secondary N) is 2. The first-order valence-electron chi connectivity index (χ1n) is 9.71. The summed E-state index contributed by atoms with van der Waals surface area (Å²) in [6, 6.07) is 3.44. The monoisotopic (exact) mass is 418 g/mol. The van der Waals surface area contributed by atoms with E-state index in [1.165, 1.54) is 12.1 Å². The van der Waals surface area contributed by atoms with Gasteiger partial charge in [-0.1, -0.05) is 32.4 Å². The van der Waals surface area contributed by atoms with Crippen molar-refractivity contribution >= 4 is 23.4 Å². The van der Waals surface area contributed by atoms with Crippen LogP contribution in [0.4, 0.5) is 4.39 Å². The Kier molecular flexibility index (Phi) is 4.69. The molecule has 1 saturated carbocycles. The summed E-state index contributed by atoms with van der Waals surface area (Å²) in [5.41, 5.74) is 2.26. The highest BCUT2D eigenvalue weighted by Crippen LogP contribution is 2.57. The summed E-state index contributed by atoms with van der Waals surface area (Å²) in [5.74, 6) is -0.215. The first-order valence-corrected chi connectivity index (χ1v) is 10.1. The van der Waals surface area contributed by atoms with Gasteiger partial charge in [-0.25, -0.2) is 9.07 Å². The number of fused-ring (bicyclic) bond motifs is 3. The second kappa shape index (κ2) is 6.83. The normalized spacial score (nSPS) is 20.6. The molecule has 6 nitrogen and oxygen atoms in total. The molecule has 29 heavy (non-hydrogen) atoms. The molecule has 1 aromatic carbocycles. The summed E-state index contributed by atoms with van der Waals surface area (Å²) >= 11 is 6.27. The molecule has 1 fully saturated rings. The Morgan fingerprint density at radius 1 is 1.34 bits per heavy atom. The molecule has 2 aromatic rings. The molecule has 0 aliphatic heterocycles. The fraction of sp³-hybridized carbons (Fsp3) is 0.476. The molecule has 4 rings (SSSR count). The number of halogens is 2. The van der Waals surface area contributed by atoms with Crippen molar-refractivity contribution in [2.24, 2.45) is 11.3 Å². The number of carbonyl (C=O) groups excluding carboxylic acids is 2. The number of hydrogen-bond donors (Lipinski definition) is 2. The number of nitrogens with zero attached hydrogens (tertiary/aromatic N) is 2. The molecule has 3 atom stereocenters. The molecular weight excluding hydrogens is 395 g/mol. The number of hydrogen-bond acceptors (Lipinski definition) is 3. The van der Waals surface area contributed by atoms with Gasteiger partial charge in [0.15, 0.2) is 5.69 Å². The minimum absolute atomic E-state index is 0.240. The van der Waals surface area contributed by atoms with Crippen LogP contribution in [0.3, 0.4) is 0 Å². The molecule has 2 amide bonds. The van der Waals surface area contributed by atoms with Crippen LogP contribution in [0.1, 0.15) is 54.9 Å². The zero-order chi connectivity index (χ0) is 21.1. The van der Waals surface area contributed by atoms with Crippen LogP contribution in [-0.4, -0.2) is 34.7 Å². The summed E-state index contributed by atoms with van der Waals surface area (Å²) < 4.78 is 15.2. The van der Waals surface area contributed by atoms with E-state index in [0.717, 1.165) is 24.1 Å². The molecular formula is C21H24ClFN4O2. The van der Waals surface area contributed by atoms with E-state index in [9.17, 15) is 14.0 Å². The Labute approximate surface area is 173 Å². The van der Waals surface area contributed by atoms with Crippen LogP contribution in [0, 0.1) is 17.2 Å². The smallest absolute Gasteiger partial charge is 0.272 e. The average Bonchev–Trinajstić information content (AvgIpc) is 3.14. The van der Waals surface area contributed by atoms with Crippen LogP contribution in [0.15, 0.2) is 18.2 Å². The van der Waals surface area contributed by atoms with Gasteiger partial charge in [0.05, 0.1) is 16.4 Å². The molecule has 1 aromatic heterocycles. The van der Waals surface area contributed by atoms with E-state index in [2.05, 4.69) is 15.7 Å². The van der Waals surface area contributed by atoms with E-state index in [0.29, 0.717) is 23.2 Å². The van der Waals surface area contributed by atoms with E-state index < -0.39 is 17.3 Å². The maximum absolute atomic E-state index is 13.5. The number of amides is 2. The van der Waals surface area contributed by atoms with Crippen LogP contribution >= 0.6 is 11.6 Å². The third kappa shape index (κ3) is 3.41. The predicted molar refractivity (Wildman–Crippen MR) is 108 cm³/mol. The van der Waals surface area contributed by atoms with Crippen LogP contribution in [0.25, 0.3) is 5.69 Å². The predicted octanol–water partition coefficient (Wildman–Crippen LogP) is 3.21. The second-order valence-electron chi connectivity index (χ2n) is 8.91. The van der Waals surface area contributed by atoms with Gasteiger partial charge in [0.25, 0.3) is 5.91 Å². The van der Waals surface area contributed by atoms with Crippen molar-refractivity contribution in [3.63, 3.8) is 0 Å². The van der Waals surface area contributed by atoms with Crippen molar-refractivity contribution in [1.29, 1.82) is 0 Å². The summed E-state index contributed by atoms with van der Waals surface area (Å²) in [4.78, 5) is 25.4. The van der Waals surface area contributed by atoms with Gasteiger partial charge in [0.2, 0.25) is 5.91 Å². The Balaban J connectivity index is 1.73. The fourth-order valence-electron chi connectivity index (χ4n) is 4.15. The Morgan fingerprint density at radius 2 is 2.07 bits per heavy atom. The molecule has 0 spiro atoms. The highest BCUT2D eigenvalue weighted by Gasteiger charge is 2.50. The maximum Gasteiger partial charge on any atom is 0.272 e. The Morgan fingerprint density at radius 3 is 2.69 bits per heavy atom. The zero-order valence-electron chi connectivity index (χ0n) is 16.8. The van der Waals surface area contributed by atoms with Crippen molar-refractivity contribution in [3.05, 3.63) is 46.0 Å². The van der Waals surface area contributed by atoms with Crippen molar-refractivity contribution in [2.45, 2.75) is 45.6 Å². The number of carbonyl (C=O) groups is 2. The molecule has 2 N–H and O–H groups in total. The highest BCUT2D eigenvalue weighted by atomic mass is 35.5. The van der Waals surface area contributed by atoms with Crippen LogP contribution in [-0.2, 0) is 11.2 Å². The van der Waals surface area contributed by atoms with Gasteiger partial charge in [-0.05, 0) is 42.4 Å². The SMILES string of the molecule is CNC(=O)[C@@H](NC(=O)c1nn(-c2ccc(F)cc2Cl)c2c1C[C@H]1C[C@@H]21)C(C)(C)C. The lowest BCUT2D eigenvalue weighted by Gasteiger charge is -2.29. The lowest BCUT2D eigenvalue weighted by molar-refractivity contribution is -0.124. The van der Waals surface area contributed by atoms with Crippen molar-refractivity contribution in [1.82, 2.24) is 20.4 Å². The van der Waals surface area contributed by atoms with Gasteiger partial charge >= 0.3 is 0 Å². The second-order valence-corrected chi connectivity index (χ2v) is 9.32. The zero-order valence-corrected chi connectivity index (χ0v) is 17.6. The molecule has 2 aliphatic rings. The highest BCUT2D eigenvalue weighted by molar-refractivity contribution is 6.32. The quantitative estimate of drug-likeness (QED) is 0.800. The minimum atomic E-state index is -0.703. The molecule has 0 bridgehead atoms. The van der Waals surface area contributed by atoms with E-state index in [1.807, 2.05) is 20.8 Å². The number of benzene rings is 1. The molecule has 0 radical (unpaired) electrons.